The monoisotopic (exact) mass is 376 g/mol. The molecule has 0 saturated carbocycles. The van der Waals surface area contributed by atoms with Crippen molar-refractivity contribution < 1.29 is 14.3 Å². The zero-order chi connectivity index (χ0) is 17.6. The third-order valence-electron chi connectivity index (χ3n) is 3.34. The molecule has 0 aliphatic carbocycles. The third kappa shape index (κ3) is 4.75. The number of carbonyl (C=O) groups excluding carboxylic acids is 1. The molecule has 3 rings (SSSR count). The molecule has 3 aromatic rings. The van der Waals surface area contributed by atoms with Gasteiger partial charge >= 0.3 is 5.97 Å². The summed E-state index contributed by atoms with van der Waals surface area (Å²) >= 11 is 11.8. The van der Waals surface area contributed by atoms with Gasteiger partial charge in [0.15, 0.2) is 6.61 Å². The van der Waals surface area contributed by atoms with Gasteiger partial charge in [0, 0.05) is 17.4 Å². The van der Waals surface area contributed by atoms with Crippen LogP contribution in [-0.4, -0.2) is 22.4 Å². The van der Waals surface area contributed by atoms with Crippen LogP contribution in [0.1, 0.15) is 5.56 Å². The Balaban J connectivity index is 1.49. The second kappa shape index (κ2) is 8.05. The molecule has 0 saturated heterocycles. The van der Waals surface area contributed by atoms with Gasteiger partial charge in [0.2, 0.25) is 0 Å². The molecule has 2 aromatic carbocycles. The molecular weight excluding hydrogens is 363 g/mol. The zero-order valence-corrected chi connectivity index (χ0v) is 14.6. The van der Waals surface area contributed by atoms with Crippen LogP contribution in [0.25, 0.3) is 5.69 Å². The van der Waals surface area contributed by atoms with Gasteiger partial charge in [-0.1, -0.05) is 35.3 Å². The van der Waals surface area contributed by atoms with Crippen LogP contribution in [0.3, 0.4) is 0 Å². The van der Waals surface area contributed by atoms with E-state index in [0.29, 0.717) is 15.8 Å². The molecule has 5 nitrogen and oxygen atoms in total. The van der Waals surface area contributed by atoms with Crippen LogP contribution in [0.2, 0.25) is 10.0 Å². The van der Waals surface area contributed by atoms with E-state index in [1.54, 1.807) is 29.1 Å². The van der Waals surface area contributed by atoms with Crippen molar-refractivity contribution in [3.63, 3.8) is 0 Å². The number of halogens is 2. The van der Waals surface area contributed by atoms with Crippen molar-refractivity contribution in [2.24, 2.45) is 0 Å². The van der Waals surface area contributed by atoms with Gasteiger partial charge < -0.3 is 9.47 Å². The number of ether oxygens (including phenoxy) is 2. The van der Waals surface area contributed by atoms with Crippen molar-refractivity contribution in [3.05, 3.63) is 76.5 Å². The lowest BCUT2D eigenvalue weighted by molar-refractivity contribution is -0.147. The van der Waals surface area contributed by atoms with Gasteiger partial charge in [-0.05, 0) is 42.0 Å². The molecule has 0 atom stereocenters. The normalized spacial score (nSPS) is 10.5. The topological polar surface area (TPSA) is 53.4 Å². The van der Waals surface area contributed by atoms with Crippen LogP contribution in [0.15, 0.2) is 60.9 Å². The molecule has 0 unspecified atom stereocenters. The Kier molecular flexibility index (Phi) is 5.58. The Labute approximate surface area is 154 Å². The summed E-state index contributed by atoms with van der Waals surface area (Å²) in [6.45, 7) is -0.0668. The van der Waals surface area contributed by atoms with Crippen molar-refractivity contribution in [3.8, 4) is 11.4 Å². The minimum Gasteiger partial charge on any atom is -0.480 e. The maximum atomic E-state index is 11.8. The smallest absolute Gasteiger partial charge is 0.344 e. The summed E-state index contributed by atoms with van der Waals surface area (Å²) < 4.78 is 12.3. The fourth-order valence-corrected chi connectivity index (χ4v) is 2.56. The lowest BCUT2D eigenvalue weighted by Gasteiger charge is -2.09. The number of hydrogen-bond acceptors (Lipinski definition) is 4. The molecule has 0 amide bonds. The van der Waals surface area contributed by atoms with Crippen LogP contribution >= 0.6 is 23.2 Å². The van der Waals surface area contributed by atoms with Crippen molar-refractivity contribution in [1.29, 1.82) is 0 Å². The van der Waals surface area contributed by atoms with E-state index < -0.39 is 5.97 Å². The Morgan fingerprint density at radius 1 is 1.12 bits per heavy atom. The van der Waals surface area contributed by atoms with Gasteiger partial charge in [-0.25, -0.2) is 9.48 Å². The molecular formula is C18H14Cl2N2O3. The minimum atomic E-state index is -0.484. The standard InChI is InChI=1S/C18H14Cl2N2O3/c19-14-4-7-17(16(20)10-14)24-12-18(23)25-11-13-2-5-15(6-3-13)22-9-1-8-21-22/h1-10H,11-12H2. The predicted molar refractivity (Wildman–Crippen MR) is 95.3 cm³/mol. The second-order valence-electron chi connectivity index (χ2n) is 5.14. The molecule has 128 valence electrons. The highest BCUT2D eigenvalue weighted by Crippen LogP contribution is 2.27. The van der Waals surface area contributed by atoms with Crippen molar-refractivity contribution in [2.75, 3.05) is 6.61 Å². The van der Waals surface area contributed by atoms with E-state index in [2.05, 4.69) is 5.10 Å². The van der Waals surface area contributed by atoms with Gasteiger partial charge in [-0.2, -0.15) is 5.10 Å². The van der Waals surface area contributed by atoms with Gasteiger partial charge in [-0.3, -0.25) is 0 Å². The molecule has 7 heteroatoms. The zero-order valence-electron chi connectivity index (χ0n) is 13.1. The first-order valence-electron chi connectivity index (χ1n) is 7.44. The maximum Gasteiger partial charge on any atom is 0.344 e. The highest BCUT2D eigenvalue weighted by Gasteiger charge is 2.08. The molecule has 1 heterocycles. The average Bonchev–Trinajstić information content (AvgIpc) is 3.14. The number of rotatable bonds is 6. The summed E-state index contributed by atoms with van der Waals surface area (Å²) in [4.78, 5) is 11.8. The largest absolute Gasteiger partial charge is 0.480 e. The Hall–Kier alpha value is -2.50. The molecule has 0 fully saturated rings. The highest BCUT2D eigenvalue weighted by atomic mass is 35.5. The first kappa shape index (κ1) is 17.3. The van der Waals surface area contributed by atoms with Gasteiger partial charge in [0.05, 0.1) is 10.7 Å². The fourth-order valence-electron chi connectivity index (χ4n) is 2.10. The van der Waals surface area contributed by atoms with E-state index in [9.17, 15) is 4.79 Å². The Morgan fingerprint density at radius 3 is 2.60 bits per heavy atom. The summed E-state index contributed by atoms with van der Waals surface area (Å²) in [6, 6.07) is 14.2. The van der Waals surface area contributed by atoms with E-state index in [-0.39, 0.29) is 13.2 Å². The van der Waals surface area contributed by atoms with E-state index in [1.807, 2.05) is 36.5 Å². The van der Waals surface area contributed by atoms with E-state index in [1.165, 1.54) is 0 Å². The first-order chi connectivity index (χ1) is 12.1. The minimum absolute atomic E-state index is 0.163. The number of hydrogen-bond donors (Lipinski definition) is 0. The van der Waals surface area contributed by atoms with Crippen LogP contribution in [0, 0.1) is 0 Å². The fraction of sp³-hybridized carbons (Fsp3) is 0.111. The molecule has 0 radical (unpaired) electrons. The maximum absolute atomic E-state index is 11.8. The number of carbonyl (C=O) groups is 1. The Bertz CT molecular complexity index is 849. The second-order valence-corrected chi connectivity index (χ2v) is 5.98. The van der Waals surface area contributed by atoms with E-state index in [0.717, 1.165) is 11.3 Å². The van der Waals surface area contributed by atoms with E-state index >= 15 is 0 Å². The summed E-state index contributed by atoms with van der Waals surface area (Å²) in [6.07, 6.45) is 3.57. The number of esters is 1. The summed E-state index contributed by atoms with van der Waals surface area (Å²) in [5, 5.41) is 4.99. The summed E-state index contributed by atoms with van der Waals surface area (Å²) in [5.41, 5.74) is 1.80. The molecule has 0 aliphatic rings. The molecule has 0 spiro atoms. The van der Waals surface area contributed by atoms with Gasteiger partial charge in [-0.15, -0.1) is 0 Å². The van der Waals surface area contributed by atoms with E-state index in [4.69, 9.17) is 32.7 Å². The number of nitrogens with zero attached hydrogens (tertiary/aromatic N) is 2. The summed E-state index contributed by atoms with van der Waals surface area (Å²) in [7, 11) is 0. The molecule has 0 N–H and O–H groups in total. The van der Waals surface area contributed by atoms with Crippen molar-refractivity contribution >= 4 is 29.2 Å². The third-order valence-corrected chi connectivity index (χ3v) is 3.88. The lowest BCUT2D eigenvalue weighted by atomic mass is 10.2. The molecule has 1 aromatic heterocycles. The van der Waals surface area contributed by atoms with Crippen LogP contribution < -0.4 is 4.74 Å². The van der Waals surface area contributed by atoms with Crippen LogP contribution in [0.4, 0.5) is 0 Å². The Morgan fingerprint density at radius 2 is 1.92 bits per heavy atom. The SMILES string of the molecule is O=C(COc1ccc(Cl)cc1Cl)OCc1ccc(-n2cccn2)cc1. The van der Waals surface area contributed by atoms with Gasteiger partial charge in [0.25, 0.3) is 0 Å². The molecule has 0 bridgehead atoms. The van der Waals surface area contributed by atoms with Crippen molar-refractivity contribution in [2.45, 2.75) is 6.61 Å². The molecule has 0 aliphatic heterocycles. The predicted octanol–water partition coefficient (Wildman–Crippen LogP) is 4.30. The van der Waals surface area contributed by atoms with Crippen LogP contribution in [-0.2, 0) is 16.1 Å². The van der Waals surface area contributed by atoms with Crippen LogP contribution in [0.5, 0.6) is 5.75 Å². The highest BCUT2D eigenvalue weighted by molar-refractivity contribution is 6.35. The number of aromatic nitrogens is 2. The number of benzene rings is 2. The van der Waals surface area contributed by atoms with Crippen molar-refractivity contribution in [1.82, 2.24) is 9.78 Å². The first-order valence-corrected chi connectivity index (χ1v) is 8.20. The van der Waals surface area contributed by atoms with Gasteiger partial charge in [0.1, 0.15) is 12.4 Å². The summed E-state index contributed by atoms with van der Waals surface area (Å²) in [5.74, 6) is -0.103. The quantitative estimate of drug-likeness (QED) is 0.601. The lowest BCUT2D eigenvalue weighted by Crippen LogP contribution is -2.14. The molecule has 25 heavy (non-hydrogen) atoms. The average molecular weight is 377 g/mol.